The molecule has 0 unspecified atom stereocenters. The van der Waals surface area contributed by atoms with Crippen molar-refractivity contribution in [3.8, 4) is 17.3 Å². The van der Waals surface area contributed by atoms with E-state index in [1.807, 2.05) is 37.3 Å². The lowest BCUT2D eigenvalue weighted by Crippen LogP contribution is -1.99. The maximum absolute atomic E-state index is 12.2. The molecule has 0 aliphatic carbocycles. The topological polar surface area (TPSA) is 96.0 Å². The third-order valence-corrected chi connectivity index (χ3v) is 4.47. The SMILES string of the molecule is CCCC(=O)c1cccc(-c2cn3nc(Nc4ccccc4C#N)nc3cn2)c1. The number of rotatable bonds is 6. The van der Waals surface area contributed by atoms with Gasteiger partial charge in [0, 0.05) is 17.5 Å². The Bertz CT molecular complexity index is 1240. The van der Waals surface area contributed by atoms with Crippen LogP contribution in [-0.4, -0.2) is 25.4 Å². The van der Waals surface area contributed by atoms with E-state index in [0.717, 1.165) is 12.0 Å². The maximum atomic E-state index is 12.2. The lowest BCUT2D eigenvalue weighted by molar-refractivity contribution is 0.0982. The number of carbonyl (C=O) groups is 1. The van der Waals surface area contributed by atoms with E-state index in [2.05, 4.69) is 26.5 Å². The highest BCUT2D eigenvalue weighted by Crippen LogP contribution is 2.21. The molecule has 0 bridgehead atoms. The van der Waals surface area contributed by atoms with E-state index in [-0.39, 0.29) is 5.78 Å². The number of benzene rings is 2. The molecular weight excluding hydrogens is 364 g/mol. The van der Waals surface area contributed by atoms with Crippen molar-refractivity contribution in [3.63, 3.8) is 0 Å². The van der Waals surface area contributed by atoms with E-state index in [9.17, 15) is 10.1 Å². The van der Waals surface area contributed by atoms with Crippen molar-refractivity contribution in [2.45, 2.75) is 19.8 Å². The molecule has 2 aromatic carbocycles. The van der Waals surface area contributed by atoms with Crippen LogP contribution in [0, 0.1) is 11.3 Å². The first kappa shape index (κ1) is 18.3. The van der Waals surface area contributed by atoms with E-state index in [4.69, 9.17) is 0 Å². The summed E-state index contributed by atoms with van der Waals surface area (Å²) in [6.45, 7) is 1.99. The van der Waals surface area contributed by atoms with Crippen LogP contribution in [0.5, 0.6) is 0 Å². The monoisotopic (exact) mass is 382 g/mol. The molecule has 1 N–H and O–H groups in total. The zero-order chi connectivity index (χ0) is 20.2. The average molecular weight is 382 g/mol. The third-order valence-electron chi connectivity index (χ3n) is 4.47. The number of hydrogen-bond acceptors (Lipinski definition) is 6. The average Bonchev–Trinajstić information content (AvgIpc) is 3.16. The number of anilines is 2. The van der Waals surface area contributed by atoms with E-state index in [1.54, 1.807) is 35.1 Å². The van der Waals surface area contributed by atoms with Gasteiger partial charge in [-0.2, -0.15) is 10.2 Å². The zero-order valence-corrected chi connectivity index (χ0v) is 15.8. The van der Waals surface area contributed by atoms with Crippen molar-refractivity contribution in [2.24, 2.45) is 0 Å². The summed E-state index contributed by atoms with van der Waals surface area (Å²) in [6, 6.07) is 16.8. The summed E-state index contributed by atoms with van der Waals surface area (Å²) >= 11 is 0. The molecule has 7 heteroatoms. The number of nitriles is 1. The number of Topliss-reactive ketones (excluding diaryl/α,β-unsaturated/α-hetero) is 1. The number of ketones is 1. The highest BCUT2D eigenvalue weighted by atomic mass is 16.1. The van der Waals surface area contributed by atoms with Gasteiger partial charge in [0.2, 0.25) is 5.95 Å². The highest BCUT2D eigenvalue weighted by Gasteiger charge is 2.10. The van der Waals surface area contributed by atoms with Crippen molar-refractivity contribution >= 4 is 23.1 Å². The summed E-state index contributed by atoms with van der Waals surface area (Å²) in [5.41, 5.74) is 3.94. The van der Waals surface area contributed by atoms with Gasteiger partial charge in [0.1, 0.15) is 6.07 Å². The number of nitrogens with zero attached hydrogens (tertiary/aromatic N) is 5. The maximum Gasteiger partial charge on any atom is 0.247 e. The first-order valence-corrected chi connectivity index (χ1v) is 9.30. The van der Waals surface area contributed by atoms with Crippen molar-refractivity contribution in [3.05, 3.63) is 72.1 Å². The Morgan fingerprint density at radius 1 is 1.21 bits per heavy atom. The van der Waals surface area contributed by atoms with Crippen molar-refractivity contribution < 1.29 is 4.79 Å². The molecule has 4 rings (SSSR count). The second-order valence-corrected chi connectivity index (χ2v) is 6.55. The number of hydrogen-bond donors (Lipinski definition) is 1. The van der Waals surface area contributed by atoms with Crippen molar-refractivity contribution in [2.75, 3.05) is 5.32 Å². The summed E-state index contributed by atoms with van der Waals surface area (Å²) < 4.78 is 1.63. The Hall–Kier alpha value is -4.05. The van der Waals surface area contributed by atoms with Crippen molar-refractivity contribution in [1.29, 1.82) is 5.26 Å². The molecule has 0 saturated carbocycles. The lowest BCUT2D eigenvalue weighted by Gasteiger charge is -2.04. The Balaban J connectivity index is 1.65. The first-order valence-electron chi connectivity index (χ1n) is 9.30. The molecule has 7 nitrogen and oxygen atoms in total. The van der Waals surface area contributed by atoms with Crippen LogP contribution in [0.4, 0.5) is 11.6 Å². The summed E-state index contributed by atoms with van der Waals surface area (Å²) in [7, 11) is 0. The fourth-order valence-electron chi connectivity index (χ4n) is 3.03. The summed E-state index contributed by atoms with van der Waals surface area (Å²) in [4.78, 5) is 21.1. The molecule has 142 valence electrons. The van der Waals surface area contributed by atoms with Crippen LogP contribution in [0.15, 0.2) is 60.9 Å². The summed E-state index contributed by atoms with van der Waals surface area (Å²) in [6.07, 6.45) is 4.74. The predicted molar refractivity (Wildman–Crippen MR) is 110 cm³/mol. The van der Waals surface area contributed by atoms with E-state index in [0.29, 0.717) is 40.5 Å². The van der Waals surface area contributed by atoms with Crippen LogP contribution in [0.2, 0.25) is 0 Å². The van der Waals surface area contributed by atoms with Crippen LogP contribution in [0.25, 0.3) is 16.9 Å². The van der Waals surface area contributed by atoms with E-state index < -0.39 is 0 Å². The second kappa shape index (κ2) is 7.90. The van der Waals surface area contributed by atoms with Gasteiger partial charge in [-0.15, -0.1) is 5.10 Å². The van der Waals surface area contributed by atoms with Gasteiger partial charge in [0.05, 0.1) is 29.3 Å². The second-order valence-electron chi connectivity index (χ2n) is 6.55. The quantitative estimate of drug-likeness (QED) is 0.497. The Morgan fingerprint density at radius 3 is 2.90 bits per heavy atom. The molecule has 0 amide bonds. The van der Waals surface area contributed by atoms with Crippen LogP contribution in [0.1, 0.15) is 35.7 Å². The minimum atomic E-state index is 0.124. The molecule has 4 aromatic rings. The van der Waals surface area contributed by atoms with E-state index >= 15 is 0 Å². The van der Waals surface area contributed by atoms with Crippen molar-refractivity contribution in [1.82, 2.24) is 19.6 Å². The van der Waals surface area contributed by atoms with Gasteiger partial charge in [0.25, 0.3) is 0 Å². The Morgan fingerprint density at radius 2 is 2.07 bits per heavy atom. The molecule has 2 aromatic heterocycles. The minimum Gasteiger partial charge on any atom is -0.322 e. The fourth-order valence-corrected chi connectivity index (χ4v) is 3.03. The number of carbonyl (C=O) groups excluding carboxylic acids is 1. The standard InChI is InChI=1S/C22H18N6O/c1-2-6-20(29)16-9-5-8-15(11-16)19-14-28-21(13-24-19)26-22(27-28)25-18-10-4-3-7-17(18)12-23/h3-5,7-11,13-14H,2,6H2,1H3,(H,25,27). The van der Waals surface area contributed by atoms with Gasteiger partial charge in [0.15, 0.2) is 11.4 Å². The zero-order valence-electron chi connectivity index (χ0n) is 15.8. The molecule has 0 fully saturated rings. The molecule has 0 saturated heterocycles. The molecule has 0 aliphatic rings. The molecule has 0 aliphatic heterocycles. The van der Waals surface area contributed by atoms with Crippen LogP contribution >= 0.6 is 0 Å². The summed E-state index contributed by atoms with van der Waals surface area (Å²) in [5, 5.41) is 16.7. The highest BCUT2D eigenvalue weighted by molar-refractivity contribution is 5.97. The van der Waals surface area contributed by atoms with Crippen LogP contribution < -0.4 is 5.32 Å². The van der Waals surface area contributed by atoms with Gasteiger partial charge >= 0.3 is 0 Å². The van der Waals surface area contributed by atoms with Crippen LogP contribution in [0.3, 0.4) is 0 Å². The molecular formula is C22H18N6O. The van der Waals surface area contributed by atoms with E-state index in [1.165, 1.54) is 0 Å². The smallest absolute Gasteiger partial charge is 0.247 e. The van der Waals surface area contributed by atoms with Crippen LogP contribution in [-0.2, 0) is 0 Å². The van der Waals surface area contributed by atoms with Gasteiger partial charge in [-0.3, -0.25) is 9.78 Å². The largest absolute Gasteiger partial charge is 0.322 e. The molecule has 0 spiro atoms. The predicted octanol–water partition coefficient (Wildman–Crippen LogP) is 4.39. The molecule has 0 atom stereocenters. The Kier molecular flexibility index (Phi) is 4.99. The van der Waals surface area contributed by atoms with Gasteiger partial charge < -0.3 is 5.32 Å². The number of aromatic nitrogens is 4. The molecule has 2 heterocycles. The fraction of sp³-hybridized carbons (Fsp3) is 0.136. The number of nitrogens with one attached hydrogen (secondary N) is 1. The Labute approximate surface area is 167 Å². The molecule has 0 radical (unpaired) electrons. The lowest BCUT2D eigenvalue weighted by atomic mass is 10.0. The summed E-state index contributed by atoms with van der Waals surface area (Å²) in [5.74, 6) is 0.498. The van der Waals surface area contributed by atoms with Gasteiger partial charge in [-0.05, 0) is 24.6 Å². The minimum absolute atomic E-state index is 0.124. The first-order chi connectivity index (χ1) is 14.2. The third kappa shape index (κ3) is 3.82. The van der Waals surface area contributed by atoms with Gasteiger partial charge in [-0.25, -0.2) is 4.52 Å². The normalized spacial score (nSPS) is 10.6. The molecule has 29 heavy (non-hydrogen) atoms. The number of para-hydroxylation sites is 1. The number of fused-ring (bicyclic) bond motifs is 1. The van der Waals surface area contributed by atoms with Gasteiger partial charge in [-0.1, -0.05) is 37.3 Å².